The monoisotopic (exact) mass is 454 g/mol. The van der Waals surface area contributed by atoms with Crippen LogP contribution in [0.5, 0.6) is 0 Å². The molecule has 9 heteroatoms. The average Bonchev–Trinajstić information content (AvgIpc) is 3.53. The van der Waals surface area contributed by atoms with Crippen LogP contribution in [0, 0.1) is 0 Å². The van der Waals surface area contributed by atoms with Crippen LogP contribution in [0.1, 0.15) is 59.1 Å². The van der Waals surface area contributed by atoms with Gasteiger partial charge >= 0.3 is 0 Å². The number of benzene rings is 1. The Hall–Kier alpha value is -3.04. The fraction of sp³-hybridized carbons (Fsp3) is 0.391. The van der Waals surface area contributed by atoms with Crippen molar-refractivity contribution in [2.24, 2.45) is 5.73 Å². The van der Waals surface area contributed by atoms with Gasteiger partial charge < -0.3 is 21.4 Å². The number of hydrogen-bond donors (Lipinski definition) is 4. The molecule has 2 aromatic heterocycles. The molecule has 1 atom stereocenters. The summed E-state index contributed by atoms with van der Waals surface area (Å²) in [6.07, 6.45) is 7.53. The number of carbonyl (C=O) groups is 2. The van der Waals surface area contributed by atoms with Crippen molar-refractivity contribution in [1.29, 1.82) is 0 Å². The van der Waals surface area contributed by atoms with Crippen molar-refractivity contribution >= 4 is 23.2 Å². The maximum atomic E-state index is 12.4. The van der Waals surface area contributed by atoms with Gasteiger partial charge in [0, 0.05) is 32.5 Å². The highest BCUT2D eigenvalue weighted by Crippen LogP contribution is 2.24. The summed E-state index contributed by atoms with van der Waals surface area (Å²) in [5.41, 5.74) is 10.4. The molecular weight excluding hydrogens is 424 g/mol. The highest BCUT2D eigenvalue weighted by molar-refractivity contribution is 7.11. The number of nitrogens with one attached hydrogen (secondary N) is 3. The number of rotatable bonds is 12. The number of hydrogen-bond acceptors (Lipinski definition) is 6. The average molecular weight is 455 g/mol. The Morgan fingerprint density at radius 3 is 2.66 bits per heavy atom. The zero-order valence-electron chi connectivity index (χ0n) is 18.3. The molecule has 0 aliphatic rings. The van der Waals surface area contributed by atoms with E-state index in [0.717, 1.165) is 48.3 Å². The molecule has 0 aliphatic carbocycles. The molecule has 32 heavy (non-hydrogen) atoms. The molecule has 170 valence electrons. The number of carbonyl (C=O) groups excluding carboxylic acids is 2. The van der Waals surface area contributed by atoms with Crippen molar-refractivity contribution in [3.8, 4) is 11.3 Å². The maximum absolute atomic E-state index is 12.4. The topological polar surface area (TPSA) is 126 Å². The van der Waals surface area contributed by atoms with E-state index in [1.54, 1.807) is 18.8 Å². The number of amides is 2. The number of nitrogens with zero attached hydrogens (tertiary/aromatic N) is 2. The summed E-state index contributed by atoms with van der Waals surface area (Å²) in [5.74, 6) is 0.832. The van der Waals surface area contributed by atoms with E-state index in [9.17, 15) is 9.59 Å². The van der Waals surface area contributed by atoms with Gasteiger partial charge in [0.2, 0.25) is 5.91 Å². The molecule has 0 bridgehead atoms. The number of aromatic nitrogens is 3. The summed E-state index contributed by atoms with van der Waals surface area (Å²) < 4.78 is 0. The Morgan fingerprint density at radius 1 is 1.16 bits per heavy atom. The second kappa shape index (κ2) is 12.1. The molecule has 0 radical (unpaired) electrons. The van der Waals surface area contributed by atoms with E-state index >= 15 is 0 Å². The molecule has 3 rings (SSSR count). The van der Waals surface area contributed by atoms with Gasteiger partial charge in [-0.3, -0.25) is 14.6 Å². The molecule has 5 N–H and O–H groups in total. The van der Waals surface area contributed by atoms with Gasteiger partial charge in [0.15, 0.2) is 0 Å². The van der Waals surface area contributed by atoms with Gasteiger partial charge in [-0.15, -0.1) is 11.3 Å². The van der Waals surface area contributed by atoms with Crippen LogP contribution in [-0.2, 0) is 11.3 Å². The number of H-pyrrole nitrogens is 1. The van der Waals surface area contributed by atoms with Crippen LogP contribution in [0.15, 0.2) is 42.2 Å². The lowest BCUT2D eigenvalue weighted by Gasteiger charge is -2.15. The van der Waals surface area contributed by atoms with Crippen molar-refractivity contribution < 1.29 is 9.59 Å². The molecule has 2 heterocycles. The lowest BCUT2D eigenvalue weighted by Crippen LogP contribution is -2.28. The summed E-state index contributed by atoms with van der Waals surface area (Å²) in [6, 6.07) is 8.07. The highest BCUT2D eigenvalue weighted by atomic mass is 32.1. The third-order valence-electron chi connectivity index (χ3n) is 5.38. The molecule has 1 aromatic carbocycles. The van der Waals surface area contributed by atoms with E-state index in [4.69, 9.17) is 5.73 Å². The van der Waals surface area contributed by atoms with Gasteiger partial charge in [-0.2, -0.15) is 0 Å². The Kier molecular flexibility index (Phi) is 8.94. The number of imidazole rings is 1. The Morgan fingerprint density at radius 2 is 1.97 bits per heavy atom. The molecule has 8 nitrogen and oxygen atoms in total. The van der Waals surface area contributed by atoms with Crippen molar-refractivity contribution in [3.05, 3.63) is 58.4 Å². The SMILES string of the molecule is CNC(=O)CCCCCC(CNC(=O)c1cncs1)c1ncc(-c2ccc(CN)cc2)[nH]1. The zero-order valence-corrected chi connectivity index (χ0v) is 19.1. The largest absolute Gasteiger partial charge is 0.359 e. The first-order chi connectivity index (χ1) is 15.6. The molecule has 0 spiro atoms. The van der Waals surface area contributed by atoms with E-state index in [2.05, 4.69) is 25.6 Å². The smallest absolute Gasteiger partial charge is 0.263 e. The first-order valence-electron chi connectivity index (χ1n) is 10.8. The standard InChI is InChI=1S/C23H30N6O2S/c1-25-21(30)6-4-2-3-5-18(12-28-23(31)20-14-26-15-32-20)22-27-13-19(29-22)17-9-7-16(11-24)8-10-17/h7-10,13-15,18H,2-6,11-12,24H2,1H3,(H,25,30)(H,27,29)(H,28,31). The van der Waals surface area contributed by atoms with Crippen molar-refractivity contribution in [1.82, 2.24) is 25.6 Å². The van der Waals surface area contributed by atoms with Gasteiger partial charge in [0.1, 0.15) is 10.7 Å². The van der Waals surface area contributed by atoms with Crippen molar-refractivity contribution in [2.45, 2.75) is 44.6 Å². The maximum Gasteiger partial charge on any atom is 0.263 e. The normalized spacial score (nSPS) is 11.8. The van der Waals surface area contributed by atoms with Crippen LogP contribution < -0.4 is 16.4 Å². The van der Waals surface area contributed by atoms with E-state index in [1.807, 2.05) is 30.5 Å². The second-order valence-electron chi connectivity index (χ2n) is 7.63. The van der Waals surface area contributed by atoms with Gasteiger partial charge in [-0.05, 0) is 24.0 Å². The van der Waals surface area contributed by atoms with Gasteiger partial charge in [-0.25, -0.2) is 4.98 Å². The molecule has 0 saturated heterocycles. The number of aromatic amines is 1. The lowest BCUT2D eigenvalue weighted by molar-refractivity contribution is -0.120. The molecule has 2 amide bonds. The summed E-state index contributed by atoms with van der Waals surface area (Å²) in [6.45, 7) is 0.987. The predicted octanol–water partition coefficient (Wildman–Crippen LogP) is 3.20. The van der Waals surface area contributed by atoms with Gasteiger partial charge in [-0.1, -0.05) is 37.1 Å². The van der Waals surface area contributed by atoms with Crippen LogP contribution in [-0.4, -0.2) is 40.4 Å². The Bertz CT molecular complexity index is 984. The summed E-state index contributed by atoms with van der Waals surface area (Å²) in [4.78, 5) is 36.4. The van der Waals surface area contributed by atoms with Gasteiger partial charge in [0.25, 0.3) is 5.91 Å². The van der Waals surface area contributed by atoms with Crippen LogP contribution in [0.4, 0.5) is 0 Å². The molecule has 0 saturated carbocycles. The van der Waals surface area contributed by atoms with E-state index in [0.29, 0.717) is 24.4 Å². The van der Waals surface area contributed by atoms with E-state index < -0.39 is 0 Å². The number of nitrogens with two attached hydrogens (primary N) is 1. The molecule has 3 aromatic rings. The summed E-state index contributed by atoms with van der Waals surface area (Å²) >= 11 is 1.32. The van der Waals surface area contributed by atoms with Crippen LogP contribution in [0.2, 0.25) is 0 Å². The first-order valence-corrected chi connectivity index (χ1v) is 11.7. The van der Waals surface area contributed by atoms with Crippen molar-refractivity contribution in [2.75, 3.05) is 13.6 Å². The third-order valence-corrected chi connectivity index (χ3v) is 6.16. The summed E-state index contributed by atoms with van der Waals surface area (Å²) in [7, 11) is 1.65. The van der Waals surface area contributed by atoms with E-state index in [1.165, 1.54) is 11.3 Å². The van der Waals surface area contributed by atoms with Crippen LogP contribution >= 0.6 is 11.3 Å². The molecule has 1 unspecified atom stereocenters. The minimum absolute atomic E-state index is 0.0453. The number of thiazole rings is 1. The second-order valence-corrected chi connectivity index (χ2v) is 8.51. The minimum atomic E-state index is -0.124. The Balaban J connectivity index is 1.64. The van der Waals surface area contributed by atoms with Crippen LogP contribution in [0.25, 0.3) is 11.3 Å². The quantitative estimate of drug-likeness (QED) is 0.313. The van der Waals surface area contributed by atoms with Gasteiger partial charge in [0.05, 0.1) is 23.6 Å². The zero-order chi connectivity index (χ0) is 22.8. The van der Waals surface area contributed by atoms with E-state index in [-0.39, 0.29) is 17.7 Å². The third kappa shape index (κ3) is 6.73. The highest BCUT2D eigenvalue weighted by Gasteiger charge is 2.18. The molecule has 0 aliphatic heterocycles. The lowest BCUT2D eigenvalue weighted by atomic mass is 9.99. The molecular formula is C23H30N6O2S. The minimum Gasteiger partial charge on any atom is -0.359 e. The predicted molar refractivity (Wildman–Crippen MR) is 126 cm³/mol. The molecule has 0 fully saturated rings. The fourth-order valence-corrected chi connectivity index (χ4v) is 3.99. The number of unbranched alkanes of at least 4 members (excludes halogenated alkanes) is 2. The summed E-state index contributed by atoms with van der Waals surface area (Å²) in [5, 5.41) is 5.66. The first kappa shape index (κ1) is 23.6. The fourth-order valence-electron chi connectivity index (χ4n) is 3.46. The van der Waals surface area contributed by atoms with Crippen molar-refractivity contribution in [3.63, 3.8) is 0 Å². The van der Waals surface area contributed by atoms with Crippen LogP contribution in [0.3, 0.4) is 0 Å². The Labute approximate surface area is 192 Å².